The Balaban J connectivity index is 0.000000383. The first-order chi connectivity index (χ1) is 15.7. The van der Waals surface area contributed by atoms with Crippen LogP contribution in [0.4, 0.5) is 13.2 Å². The minimum absolute atomic E-state index is 0.237. The van der Waals surface area contributed by atoms with Crippen LogP contribution in [-0.2, 0) is 22.6 Å². The molecule has 2 atom stereocenters. The summed E-state index contributed by atoms with van der Waals surface area (Å²) < 4.78 is 36.9. The zero-order valence-corrected chi connectivity index (χ0v) is 18.2. The maximum Gasteiger partial charge on any atom is 0.490 e. The summed E-state index contributed by atoms with van der Waals surface area (Å²) in [6, 6.07) is 13.9. The van der Waals surface area contributed by atoms with E-state index in [1.54, 1.807) is 7.11 Å². The van der Waals surface area contributed by atoms with Gasteiger partial charge in [-0.05, 0) is 41.7 Å². The fourth-order valence-electron chi connectivity index (χ4n) is 4.17. The number of carboxylic acids is 1. The molecule has 3 heterocycles. The highest BCUT2D eigenvalue weighted by molar-refractivity contribution is 5.79. The molecule has 2 aromatic rings. The molecule has 2 saturated heterocycles. The molecule has 0 aliphatic carbocycles. The van der Waals surface area contributed by atoms with Crippen molar-refractivity contribution in [2.75, 3.05) is 33.3 Å². The van der Waals surface area contributed by atoms with Gasteiger partial charge in [-0.2, -0.15) is 13.2 Å². The zero-order chi connectivity index (χ0) is 24.0. The molecule has 33 heavy (non-hydrogen) atoms. The number of fused-ring (bicyclic) bond motifs is 1. The predicted octanol–water partition coefficient (Wildman–Crippen LogP) is 2.86. The number of benzene rings is 1. The third-order valence-corrected chi connectivity index (χ3v) is 5.78. The van der Waals surface area contributed by atoms with Crippen LogP contribution in [-0.4, -0.2) is 71.2 Å². The van der Waals surface area contributed by atoms with Crippen LogP contribution < -0.4 is 4.74 Å². The van der Waals surface area contributed by atoms with Gasteiger partial charge in [-0.1, -0.05) is 18.2 Å². The van der Waals surface area contributed by atoms with E-state index in [9.17, 15) is 18.0 Å². The first kappa shape index (κ1) is 24.5. The van der Waals surface area contributed by atoms with E-state index in [1.807, 2.05) is 42.6 Å². The van der Waals surface area contributed by atoms with Crippen LogP contribution in [0.5, 0.6) is 5.75 Å². The van der Waals surface area contributed by atoms with Crippen LogP contribution in [0, 0.1) is 11.8 Å². The fraction of sp³-hybridized carbons (Fsp3) is 0.435. The average Bonchev–Trinajstić information content (AvgIpc) is 3.33. The molecule has 0 saturated carbocycles. The molecule has 2 fully saturated rings. The Bertz CT molecular complexity index is 924. The molecule has 2 aliphatic rings. The Hall–Kier alpha value is -3.14. The van der Waals surface area contributed by atoms with Crippen LogP contribution in [0.3, 0.4) is 0 Å². The number of ether oxygens (including phenoxy) is 1. The summed E-state index contributed by atoms with van der Waals surface area (Å²) in [7, 11) is 1.65. The molecule has 0 unspecified atom stereocenters. The SMILES string of the molecule is COc1ccc(CC(=O)N2C[C@H]3CN(Cc4ccccn4)C[C@H]3C2)cc1.O=C(O)C(F)(F)F. The van der Waals surface area contributed by atoms with Gasteiger partial charge in [0.05, 0.1) is 19.2 Å². The number of rotatable bonds is 5. The molecule has 10 heteroatoms. The van der Waals surface area contributed by atoms with Crippen molar-refractivity contribution in [2.24, 2.45) is 11.8 Å². The van der Waals surface area contributed by atoms with Gasteiger partial charge in [0.25, 0.3) is 0 Å². The lowest BCUT2D eigenvalue weighted by atomic mass is 10.0. The predicted molar refractivity (Wildman–Crippen MR) is 113 cm³/mol. The molecule has 0 bridgehead atoms. The van der Waals surface area contributed by atoms with Gasteiger partial charge in [0, 0.05) is 38.9 Å². The number of carbonyl (C=O) groups excluding carboxylic acids is 1. The Labute approximate surface area is 189 Å². The minimum atomic E-state index is -5.08. The number of aliphatic carboxylic acids is 1. The van der Waals surface area contributed by atoms with Gasteiger partial charge < -0.3 is 14.7 Å². The minimum Gasteiger partial charge on any atom is -0.497 e. The first-order valence-corrected chi connectivity index (χ1v) is 10.5. The van der Waals surface area contributed by atoms with E-state index < -0.39 is 12.1 Å². The van der Waals surface area contributed by atoms with Gasteiger partial charge in [0.2, 0.25) is 5.91 Å². The van der Waals surface area contributed by atoms with Crippen LogP contribution in [0.15, 0.2) is 48.7 Å². The number of carboxylic acid groups (broad SMARTS) is 1. The molecular formula is C23H26F3N3O4. The maximum atomic E-state index is 12.6. The van der Waals surface area contributed by atoms with Crippen molar-refractivity contribution in [1.29, 1.82) is 0 Å². The molecule has 1 N–H and O–H groups in total. The fourth-order valence-corrected chi connectivity index (χ4v) is 4.17. The Morgan fingerprint density at radius 1 is 1.06 bits per heavy atom. The lowest BCUT2D eigenvalue weighted by Crippen LogP contribution is -2.34. The number of aromatic nitrogens is 1. The van der Waals surface area contributed by atoms with E-state index in [0.29, 0.717) is 18.3 Å². The quantitative estimate of drug-likeness (QED) is 0.731. The standard InChI is InChI=1S/C21H25N3O2.C2HF3O2/c1-26-20-7-5-16(6-8-20)10-21(25)24-13-17-11-23(12-18(17)14-24)15-19-4-2-3-9-22-19;3-2(4,5)1(6)7/h2-9,17-18H,10-15H2,1H3;(H,6,7)/t17-,18+;. The van der Waals surface area contributed by atoms with Crippen molar-refractivity contribution >= 4 is 11.9 Å². The van der Waals surface area contributed by atoms with Crippen LogP contribution in [0.2, 0.25) is 0 Å². The smallest absolute Gasteiger partial charge is 0.490 e. The number of hydrogen-bond donors (Lipinski definition) is 1. The van der Waals surface area contributed by atoms with Gasteiger partial charge in [0.1, 0.15) is 5.75 Å². The van der Waals surface area contributed by atoms with Gasteiger partial charge in [-0.15, -0.1) is 0 Å². The molecule has 0 radical (unpaired) electrons. The molecule has 178 valence electrons. The monoisotopic (exact) mass is 465 g/mol. The lowest BCUT2D eigenvalue weighted by Gasteiger charge is -2.21. The Kier molecular flexibility index (Phi) is 7.91. The second-order valence-corrected chi connectivity index (χ2v) is 8.16. The lowest BCUT2D eigenvalue weighted by molar-refractivity contribution is -0.192. The summed E-state index contributed by atoms with van der Waals surface area (Å²) in [6.07, 6.45) is -2.76. The molecule has 7 nitrogen and oxygen atoms in total. The number of alkyl halides is 3. The van der Waals surface area contributed by atoms with E-state index in [4.69, 9.17) is 14.6 Å². The van der Waals surface area contributed by atoms with E-state index in [1.165, 1.54) is 0 Å². The first-order valence-electron chi connectivity index (χ1n) is 10.5. The Morgan fingerprint density at radius 3 is 2.15 bits per heavy atom. The highest BCUT2D eigenvalue weighted by Crippen LogP contribution is 2.32. The van der Waals surface area contributed by atoms with Crippen molar-refractivity contribution in [2.45, 2.75) is 19.1 Å². The number of amides is 1. The molecule has 1 aromatic carbocycles. The van der Waals surface area contributed by atoms with Crippen molar-refractivity contribution in [3.63, 3.8) is 0 Å². The summed E-state index contributed by atoms with van der Waals surface area (Å²) in [5.74, 6) is -0.504. The highest BCUT2D eigenvalue weighted by Gasteiger charge is 2.41. The van der Waals surface area contributed by atoms with Gasteiger partial charge in [-0.25, -0.2) is 4.79 Å². The molecule has 4 rings (SSSR count). The highest BCUT2D eigenvalue weighted by atomic mass is 19.4. The number of hydrogen-bond acceptors (Lipinski definition) is 5. The van der Waals surface area contributed by atoms with E-state index in [2.05, 4.69) is 20.9 Å². The second-order valence-electron chi connectivity index (χ2n) is 8.16. The summed E-state index contributed by atoms with van der Waals surface area (Å²) in [4.78, 5) is 30.5. The summed E-state index contributed by atoms with van der Waals surface area (Å²) in [6.45, 7) is 4.81. The number of halogens is 3. The number of methoxy groups -OCH3 is 1. The molecule has 0 spiro atoms. The van der Waals surface area contributed by atoms with Crippen molar-refractivity contribution in [3.05, 3.63) is 59.9 Å². The maximum absolute atomic E-state index is 12.6. The summed E-state index contributed by atoms with van der Waals surface area (Å²) in [5.41, 5.74) is 2.17. The van der Waals surface area contributed by atoms with E-state index in [-0.39, 0.29) is 5.91 Å². The topological polar surface area (TPSA) is 83.0 Å². The normalized spacial score (nSPS) is 20.1. The van der Waals surface area contributed by atoms with Gasteiger partial charge in [0.15, 0.2) is 0 Å². The Morgan fingerprint density at radius 2 is 1.67 bits per heavy atom. The van der Waals surface area contributed by atoms with Gasteiger partial charge in [-0.3, -0.25) is 14.7 Å². The van der Waals surface area contributed by atoms with E-state index in [0.717, 1.165) is 49.7 Å². The average molecular weight is 465 g/mol. The van der Waals surface area contributed by atoms with Gasteiger partial charge >= 0.3 is 12.1 Å². The van der Waals surface area contributed by atoms with Crippen LogP contribution >= 0.6 is 0 Å². The van der Waals surface area contributed by atoms with Crippen LogP contribution in [0.25, 0.3) is 0 Å². The zero-order valence-electron chi connectivity index (χ0n) is 18.2. The van der Waals surface area contributed by atoms with Crippen molar-refractivity contribution < 1.29 is 32.6 Å². The molecule has 1 aromatic heterocycles. The third kappa shape index (κ3) is 6.92. The second kappa shape index (κ2) is 10.7. The largest absolute Gasteiger partial charge is 0.497 e. The molecule has 2 aliphatic heterocycles. The summed E-state index contributed by atoms with van der Waals surface area (Å²) >= 11 is 0. The van der Waals surface area contributed by atoms with Crippen molar-refractivity contribution in [3.8, 4) is 5.75 Å². The number of carbonyl (C=O) groups is 2. The third-order valence-electron chi connectivity index (χ3n) is 5.78. The molecular weight excluding hydrogens is 439 g/mol. The molecule has 1 amide bonds. The number of likely N-dealkylation sites (tertiary alicyclic amines) is 2. The summed E-state index contributed by atoms with van der Waals surface area (Å²) in [5, 5.41) is 7.12. The number of nitrogens with zero attached hydrogens (tertiary/aromatic N) is 3. The number of pyridine rings is 1. The van der Waals surface area contributed by atoms with Crippen LogP contribution in [0.1, 0.15) is 11.3 Å². The van der Waals surface area contributed by atoms with E-state index >= 15 is 0 Å². The van der Waals surface area contributed by atoms with Crippen molar-refractivity contribution in [1.82, 2.24) is 14.8 Å².